The number of H-pyrrole nitrogens is 1. The summed E-state index contributed by atoms with van der Waals surface area (Å²) in [4.78, 5) is 31.1. The molecule has 2 aromatic heterocycles. The largest absolute Gasteiger partial charge is 0.350 e. The average Bonchev–Trinajstić information content (AvgIpc) is 3.28. The first-order valence-electron chi connectivity index (χ1n) is 11.3. The standard InChI is InChI=1S/C26H27N3O2S/c30-25-21-17-23(32-24(21)20-8-4-5-9-22(20)28-25)26(31)27-12-15-29-13-10-19(11-14-29)16-18-6-2-1-3-7-18/h1-9,17,19H,10-16H2,(H,27,31)(H,28,30). The topological polar surface area (TPSA) is 65.2 Å². The monoisotopic (exact) mass is 445 g/mol. The van der Waals surface area contributed by atoms with Crippen LogP contribution in [0.15, 0.2) is 65.5 Å². The third-order valence-electron chi connectivity index (χ3n) is 6.41. The van der Waals surface area contributed by atoms with Gasteiger partial charge in [0.15, 0.2) is 0 Å². The van der Waals surface area contributed by atoms with Gasteiger partial charge in [-0.2, -0.15) is 0 Å². The number of piperidine rings is 1. The highest BCUT2D eigenvalue weighted by Crippen LogP contribution is 2.29. The van der Waals surface area contributed by atoms with E-state index in [0.29, 0.717) is 16.8 Å². The molecular formula is C26H27N3O2S. The number of benzene rings is 2. The van der Waals surface area contributed by atoms with E-state index in [9.17, 15) is 9.59 Å². The molecular weight excluding hydrogens is 418 g/mol. The summed E-state index contributed by atoms with van der Waals surface area (Å²) in [5, 5.41) is 4.60. The summed E-state index contributed by atoms with van der Waals surface area (Å²) in [6, 6.07) is 20.2. The first kappa shape index (κ1) is 20.9. The highest BCUT2D eigenvalue weighted by atomic mass is 32.1. The van der Waals surface area contributed by atoms with Gasteiger partial charge in [0.2, 0.25) is 0 Å². The van der Waals surface area contributed by atoms with Gasteiger partial charge in [0, 0.05) is 28.7 Å². The van der Waals surface area contributed by atoms with Crippen LogP contribution >= 0.6 is 11.3 Å². The number of nitrogens with zero attached hydrogens (tertiary/aromatic N) is 1. The normalized spacial score (nSPS) is 15.4. The van der Waals surface area contributed by atoms with Crippen molar-refractivity contribution in [1.29, 1.82) is 0 Å². The Bertz CT molecular complexity index is 1290. The van der Waals surface area contributed by atoms with E-state index in [1.54, 1.807) is 6.07 Å². The van der Waals surface area contributed by atoms with Gasteiger partial charge in [-0.05, 0) is 56.0 Å². The number of aromatic amines is 1. The zero-order valence-electron chi connectivity index (χ0n) is 18.0. The maximum atomic E-state index is 12.7. The van der Waals surface area contributed by atoms with Crippen LogP contribution in [0, 0.1) is 5.92 Å². The van der Waals surface area contributed by atoms with Gasteiger partial charge in [-0.25, -0.2) is 0 Å². The fourth-order valence-corrected chi connectivity index (χ4v) is 5.74. The van der Waals surface area contributed by atoms with Crippen molar-refractivity contribution in [3.63, 3.8) is 0 Å². The van der Waals surface area contributed by atoms with E-state index < -0.39 is 0 Å². The van der Waals surface area contributed by atoms with Crippen molar-refractivity contribution in [3.05, 3.63) is 81.5 Å². The molecule has 5 rings (SSSR count). The van der Waals surface area contributed by atoms with Crippen molar-refractivity contribution in [3.8, 4) is 0 Å². The molecule has 1 aliphatic heterocycles. The molecule has 0 radical (unpaired) electrons. The molecule has 0 atom stereocenters. The highest BCUT2D eigenvalue weighted by Gasteiger charge is 2.20. The molecule has 1 amide bonds. The van der Waals surface area contributed by atoms with Crippen molar-refractivity contribution < 1.29 is 4.79 Å². The van der Waals surface area contributed by atoms with Gasteiger partial charge in [0.25, 0.3) is 11.5 Å². The number of amides is 1. The van der Waals surface area contributed by atoms with Gasteiger partial charge in [-0.15, -0.1) is 11.3 Å². The molecule has 1 aliphatic rings. The van der Waals surface area contributed by atoms with Gasteiger partial charge < -0.3 is 15.2 Å². The molecule has 3 heterocycles. The van der Waals surface area contributed by atoms with Crippen molar-refractivity contribution >= 4 is 38.2 Å². The molecule has 32 heavy (non-hydrogen) atoms. The Morgan fingerprint density at radius 3 is 2.59 bits per heavy atom. The van der Waals surface area contributed by atoms with Crippen LogP contribution in [-0.2, 0) is 6.42 Å². The van der Waals surface area contributed by atoms with Gasteiger partial charge >= 0.3 is 0 Å². The van der Waals surface area contributed by atoms with Crippen LogP contribution in [0.4, 0.5) is 0 Å². The Balaban J connectivity index is 1.15. The maximum absolute atomic E-state index is 12.7. The lowest BCUT2D eigenvalue weighted by atomic mass is 9.90. The van der Waals surface area contributed by atoms with E-state index in [1.165, 1.54) is 29.7 Å². The predicted molar refractivity (Wildman–Crippen MR) is 132 cm³/mol. The Morgan fingerprint density at radius 2 is 1.78 bits per heavy atom. The molecule has 5 nitrogen and oxygen atoms in total. The molecule has 0 aliphatic carbocycles. The van der Waals surface area contributed by atoms with Crippen molar-refractivity contribution in [1.82, 2.24) is 15.2 Å². The average molecular weight is 446 g/mol. The summed E-state index contributed by atoms with van der Waals surface area (Å²) in [5.41, 5.74) is 2.08. The minimum atomic E-state index is -0.146. The number of thiophene rings is 1. The minimum absolute atomic E-state index is 0.103. The minimum Gasteiger partial charge on any atom is -0.350 e. The van der Waals surface area contributed by atoms with E-state index in [2.05, 4.69) is 45.5 Å². The van der Waals surface area contributed by atoms with E-state index in [-0.39, 0.29) is 11.5 Å². The molecule has 164 valence electrons. The van der Waals surface area contributed by atoms with E-state index in [1.807, 2.05) is 24.3 Å². The second-order valence-corrected chi connectivity index (χ2v) is 9.64. The molecule has 0 spiro atoms. The molecule has 1 fully saturated rings. The number of carbonyl (C=O) groups excluding carboxylic acids is 1. The number of aromatic nitrogens is 1. The Hall–Kier alpha value is -2.96. The second-order valence-electron chi connectivity index (χ2n) is 8.58. The Labute approximate surface area is 191 Å². The first-order valence-corrected chi connectivity index (χ1v) is 12.1. The summed E-state index contributed by atoms with van der Waals surface area (Å²) in [6.07, 6.45) is 3.56. The fourth-order valence-electron chi connectivity index (χ4n) is 4.63. The Morgan fingerprint density at radius 1 is 1.03 bits per heavy atom. The molecule has 4 aromatic rings. The smallest absolute Gasteiger partial charge is 0.261 e. The van der Waals surface area contributed by atoms with E-state index in [0.717, 1.165) is 47.6 Å². The lowest BCUT2D eigenvalue weighted by Crippen LogP contribution is -2.39. The zero-order chi connectivity index (χ0) is 21.9. The Kier molecular flexibility index (Phi) is 6.06. The second kappa shape index (κ2) is 9.27. The molecule has 2 N–H and O–H groups in total. The number of hydrogen-bond donors (Lipinski definition) is 2. The van der Waals surface area contributed by atoms with Crippen LogP contribution < -0.4 is 10.9 Å². The molecule has 6 heteroatoms. The third-order valence-corrected chi connectivity index (χ3v) is 7.58. The highest BCUT2D eigenvalue weighted by molar-refractivity contribution is 7.21. The molecule has 0 unspecified atom stereocenters. The first-order chi connectivity index (χ1) is 15.7. The SMILES string of the molecule is O=C(NCCN1CCC(Cc2ccccc2)CC1)c1cc2c(=O)[nH]c3ccccc3c2s1. The number of fused-ring (bicyclic) bond motifs is 3. The number of para-hydroxylation sites is 1. The molecule has 2 aromatic carbocycles. The van der Waals surface area contributed by atoms with Gasteiger partial charge in [-0.3, -0.25) is 9.59 Å². The van der Waals surface area contributed by atoms with Crippen LogP contribution in [-0.4, -0.2) is 42.0 Å². The third kappa shape index (κ3) is 4.47. The maximum Gasteiger partial charge on any atom is 0.261 e. The van der Waals surface area contributed by atoms with Gasteiger partial charge in [-0.1, -0.05) is 48.5 Å². The van der Waals surface area contributed by atoms with Crippen molar-refractivity contribution in [2.24, 2.45) is 5.92 Å². The summed E-state index contributed by atoms with van der Waals surface area (Å²) in [6.45, 7) is 3.64. The number of carbonyl (C=O) groups is 1. The van der Waals surface area contributed by atoms with E-state index in [4.69, 9.17) is 0 Å². The van der Waals surface area contributed by atoms with Crippen molar-refractivity contribution in [2.75, 3.05) is 26.2 Å². The molecule has 0 saturated carbocycles. The number of likely N-dealkylation sites (tertiary alicyclic amines) is 1. The van der Waals surface area contributed by atoms with Crippen LogP contribution in [0.3, 0.4) is 0 Å². The summed E-state index contributed by atoms with van der Waals surface area (Å²) < 4.78 is 0.870. The van der Waals surface area contributed by atoms with Gasteiger partial charge in [0.05, 0.1) is 10.3 Å². The predicted octanol–water partition coefficient (Wildman–Crippen LogP) is 4.43. The summed E-state index contributed by atoms with van der Waals surface area (Å²) >= 11 is 1.39. The van der Waals surface area contributed by atoms with Crippen LogP contribution in [0.5, 0.6) is 0 Å². The van der Waals surface area contributed by atoms with Crippen LogP contribution in [0.1, 0.15) is 28.1 Å². The number of pyridine rings is 1. The lowest BCUT2D eigenvalue weighted by Gasteiger charge is -2.32. The van der Waals surface area contributed by atoms with Gasteiger partial charge in [0.1, 0.15) is 0 Å². The summed E-state index contributed by atoms with van der Waals surface area (Å²) in [7, 11) is 0. The molecule has 1 saturated heterocycles. The van der Waals surface area contributed by atoms with Crippen molar-refractivity contribution in [2.45, 2.75) is 19.3 Å². The quantitative estimate of drug-likeness (QED) is 0.462. The zero-order valence-corrected chi connectivity index (χ0v) is 18.8. The molecule has 0 bridgehead atoms. The van der Waals surface area contributed by atoms with E-state index >= 15 is 0 Å². The van der Waals surface area contributed by atoms with Crippen LogP contribution in [0.25, 0.3) is 21.0 Å². The van der Waals surface area contributed by atoms with Crippen LogP contribution in [0.2, 0.25) is 0 Å². The fraction of sp³-hybridized carbons (Fsp3) is 0.308. The summed E-state index contributed by atoms with van der Waals surface area (Å²) in [5.74, 6) is 0.642. The number of rotatable bonds is 6. The number of nitrogens with one attached hydrogen (secondary N) is 2. The lowest BCUT2D eigenvalue weighted by molar-refractivity contribution is 0.0948. The number of hydrogen-bond acceptors (Lipinski definition) is 4.